The van der Waals surface area contributed by atoms with E-state index in [4.69, 9.17) is 16.3 Å². The molecule has 19 heavy (non-hydrogen) atoms. The van der Waals surface area contributed by atoms with Gasteiger partial charge in [-0.3, -0.25) is 0 Å². The molecule has 0 bridgehead atoms. The largest absolute Gasteiger partial charge is 0.489 e. The number of halogens is 1. The van der Waals surface area contributed by atoms with Gasteiger partial charge < -0.3 is 10.1 Å². The normalized spacial score (nSPS) is 14.1. The Hall–Kier alpha value is -1.10. The molecule has 3 nitrogen and oxygen atoms in total. The lowest BCUT2D eigenvalue weighted by atomic mass is 10.1. The summed E-state index contributed by atoms with van der Waals surface area (Å²) in [4.78, 5) is 4.31. The van der Waals surface area contributed by atoms with Gasteiger partial charge in [-0.2, -0.15) is 0 Å². The molecule has 1 aromatic carbocycles. The van der Waals surface area contributed by atoms with Crippen LogP contribution in [-0.4, -0.2) is 24.2 Å². The fourth-order valence-corrected chi connectivity index (χ4v) is 2.74. The summed E-state index contributed by atoms with van der Waals surface area (Å²) in [5, 5.41) is 7.07. The molecule has 2 rings (SSSR count). The monoisotopic (exact) mass is 296 g/mol. The van der Waals surface area contributed by atoms with Crippen LogP contribution in [0.5, 0.6) is 5.75 Å². The Morgan fingerprint density at radius 1 is 1.47 bits per heavy atom. The average molecular weight is 297 g/mol. The molecule has 0 fully saturated rings. The third-order valence-corrected chi connectivity index (χ3v) is 3.97. The lowest BCUT2D eigenvalue weighted by Crippen LogP contribution is -2.41. The van der Waals surface area contributed by atoms with Crippen molar-refractivity contribution in [1.29, 1.82) is 0 Å². The lowest BCUT2D eigenvalue weighted by Gasteiger charge is -2.24. The van der Waals surface area contributed by atoms with Crippen molar-refractivity contribution >= 4 is 22.9 Å². The Bertz CT molecular complexity index is 504. The second-order valence-corrected chi connectivity index (χ2v) is 5.72. The maximum absolute atomic E-state index is 5.95. The Labute approximate surface area is 122 Å². The minimum absolute atomic E-state index is 0.0346. The first-order chi connectivity index (χ1) is 9.19. The first-order valence-electron chi connectivity index (χ1n) is 6.17. The van der Waals surface area contributed by atoms with Gasteiger partial charge in [-0.05, 0) is 32.2 Å². The number of nitrogens with one attached hydrogen (secondary N) is 1. The van der Waals surface area contributed by atoms with Gasteiger partial charge >= 0.3 is 0 Å². The molecule has 2 unspecified atom stereocenters. The lowest BCUT2D eigenvalue weighted by molar-refractivity contribution is 0.174. The highest BCUT2D eigenvalue weighted by Crippen LogP contribution is 2.20. The molecule has 0 saturated carbocycles. The summed E-state index contributed by atoms with van der Waals surface area (Å²) < 4.78 is 5.93. The Balaban J connectivity index is 1.98. The Morgan fingerprint density at radius 2 is 2.32 bits per heavy atom. The van der Waals surface area contributed by atoms with Crippen LogP contribution in [0.1, 0.15) is 11.9 Å². The van der Waals surface area contributed by atoms with E-state index in [0.29, 0.717) is 5.02 Å². The van der Waals surface area contributed by atoms with Crippen molar-refractivity contribution in [1.82, 2.24) is 10.3 Å². The maximum Gasteiger partial charge on any atom is 0.121 e. The third-order valence-electron chi connectivity index (χ3n) is 2.93. The standard InChI is InChI=1S/C14H17ClN2OS/c1-10(18-12-5-3-4-11(15)8-12)13(16-2)9-14-17-6-7-19-14/h3-8,10,13,16H,9H2,1-2H3. The van der Waals surface area contributed by atoms with Gasteiger partial charge in [0.05, 0.1) is 5.01 Å². The molecule has 0 amide bonds. The second kappa shape index (κ2) is 6.89. The molecule has 2 aromatic rings. The summed E-state index contributed by atoms with van der Waals surface area (Å²) >= 11 is 7.62. The van der Waals surface area contributed by atoms with Gasteiger partial charge in [0.15, 0.2) is 0 Å². The van der Waals surface area contributed by atoms with Gasteiger partial charge in [-0.1, -0.05) is 17.7 Å². The van der Waals surface area contributed by atoms with E-state index in [1.807, 2.05) is 42.9 Å². The van der Waals surface area contributed by atoms with Crippen molar-refractivity contribution in [3.63, 3.8) is 0 Å². The number of hydrogen-bond acceptors (Lipinski definition) is 4. The van der Waals surface area contributed by atoms with E-state index in [0.717, 1.165) is 17.2 Å². The van der Waals surface area contributed by atoms with E-state index in [1.54, 1.807) is 11.3 Å². The summed E-state index contributed by atoms with van der Waals surface area (Å²) in [6.45, 7) is 2.05. The van der Waals surface area contributed by atoms with Crippen LogP contribution in [0.3, 0.4) is 0 Å². The third kappa shape index (κ3) is 4.20. The van der Waals surface area contributed by atoms with Crippen molar-refractivity contribution in [2.45, 2.75) is 25.5 Å². The molecule has 0 radical (unpaired) electrons. The predicted octanol–water partition coefficient (Wildman–Crippen LogP) is 3.39. The van der Waals surface area contributed by atoms with E-state index in [-0.39, 0.29) is 12.1 Å². The van der Waals surface area contributed by atoms with Crippen molar-refractivity contribution in [3.8, 4) is 5.75 Å². The van der Waals surface area contributed by atoms with Gasteiger partial charge in [-0.15, -0.1) is 11.3 Å². The number of aromatic nitrogens is 1. The Kier molecular flexibility index (Phi) is 5.19. The van der Waals surface area contributed by atoms with Crippen molar-refractivity contribution < 1.29 is 4.74 Å². The topological polar surface area (TPSA) is 34.2 Å². The smallest absolute Gasteiger partial charge is 0.121 e. The van der Waals surface area contributed by atoms with Crippen LogP contribution in [0.4, 0.5) is 0 Å². The SMILES string of the molecule is CNC(Cc1nccs1)C(C)Oc1cccc(Cl)c1. The quantitative estimate of drug-likeness (QED) is 0.887. The van der Waals surface area contributed by atoms with Crippen LogP contribution in [0.2, 0.25) is 5.02 Å². The molecule has 2 atom stereocenters. The predicted molar refractivity (Wildman–Crippen MR) is 80.2 cm³/mol. The van der Waals surface area contributed by atoms with Gasteiger partial charge in [-0.25, -0.2) is 4.98 Å². The Morgan fingerprint density at radius 3 is 2.95 bits per heavy atom. The van der Waals surface area contributed by atoms with Gasteiger partial charge in [0.1, 0.15) is 11.9 Å². The molecule has 1 heterocycles. The molecule has 5 heteroatoms. The minimum Gasteiger partial charge on any atom is -0.489 e. The summed E-state index contributed by atoms with van der Waals surface area (Å²) in [5.41, 5.74) is 0. The van der Waals surface area contributed by atoms with Gasteiger partial charge in [0.25, 0.3) is 0 Å². The number of ether oxygens (including phenoxy) is 1. The minimum atomic E-state index is 0.0346. The van der Waals surface area contributed by atoms with Gasteiger partial charge in [0, 0.05) is 29.1 Å². The number of hydrogen-bond donors (Lipinski definition) is 1. The zero-order valence-electron chi connectivity index (χ0n) is 11.0. The highest BCUT2D eigenvalue weighted by molar-refractivity contribution is 7.09. The van der Waals surface area contributed by atoms with Crippen LogP contribution in [-0.2, 0) is 6.42 Å². The zero-order valence-corrected chi connectivity index (χ0v) is 12.5. The number of nitrogens with zero attached hydrogens (tertiary/aromatic N) is 1. The zero-order chi connectivity index (χ0) is 13.7. The number of rotatable bonds is 6. The first kappa shape index (κ1) is 14.3. The van der Waals surface area contributed by atoms with E-state index in [1.165, 1.54) is 0 Å². The summed E-state index contributed by atoms with van der Waals surface area (Å²) in [6, 6.07) is 7.68. The van der Waals surface area contributed by atoms with E-state index < -0.39 is 0 Å². The molecule has 1 N–H and O–H groups in total. The summed E-state index contributed by atoms with van der Waals surface area (Å²) in [7, 11) is 1.94. The van der Waals surface area contributed by atoms with Crippen molar-refractivity contribution in [3.05, 3.63) is 45.9 Å². The molecular formula is C14H17ClN2OS. The fourth-order valence-electron chi connectivity index (χ4n) is 1.88. The molecule has 0 aliphatic carbocycles. The highest BCUT2D eigenvalue weighted by Gasteiger charge is 2.18. The molecule has 0 saturated heterocycles. The van der Waals surface area contributed by atoms with Crippen LogP contribution in [0, 0.1) is 0 Å². The summed E-state index contributed by atoms with van der Waals surface area (Å²) in [5.74, 6) is 0.791. The second-order valence-electron chi connectivity index (χ2n) is 4.31. The number of benzene rings is 1. The number of likely N-dealkylation sites (N-methyl/N-ethyl adjacent to an activating group) is 1. The van der Waals surface area contributed by atoms with Gasteiger partial charge in [0.2, 0.25) is 0 Å². The van der Waals surface area contributed by atoms with Crippen LogP contribution in [0.15, 0.2) is 35.8 Å². The molecule has 0 aliphatic rings. The molecule has 0 spiro atoms. The molecule has 1 aromatic heterocycles. The average Bonchev–Trinajstić information content (AvgIpc) is 2.88. The van der Waals surface area contributed by atoms with E-state index in [9.17, 15) is 0 Å². The van der Waals surface area contributed by atoms with Crippen molar-refractivity contribution in [2.75, 3.05) is 7.05 Å². The van der Waals surface area contributed by atoms with Crippen LogP contribution < -0.4 is 10.1 Å². The molecule has 102 valence electrons. The maximum atomic E-state index is 5.95. The van der Waals surface area contributed by atoms with E-state index >= 15 is 0 Å². The fraction of sp³-hybridized carbons (Fsp3) is 0.357. The van der Waals surface area contributed by atoms with Crippen LogP contribution >= 0.6 is 22.9 Å². The first-order valence-corrected chi connectivity index (χ1v) is 7.42. The highest BCUT2D eigenvalue weighted by atomic mass is 35.5. The van der Waals surface area contributed by atoms with E-state index in [2.05, 4.69) is 17.2 Å². The van der Waals surface area contributed by atoms with Crippen molar-refractivity contribution in [2.24, 2.45) is 0 Å². The molecule has 0 aliphatic heterocycles. The number of thiazole rings is 1. The summed E-state index contributed by atoms with van der Waals surface area (Å²) in [6.07, 6.45) is 2.72. The molecular weight excluding hydrogens is 280 g/mol. The van der Waals surface area contributed by atoms with Crippen LogP contribution in [0.25, 0.3) is 0 Å².